The van der Waals surface area contributed by atoms with E-state index < -0.39 is 23.7 Å². The van der Waals surface area contributed by atoms with Gasteiger partial charge in [0.15, 0.2) is 0 Å². The molecule has 1 aromatic carbocycles. The molecule has 4 nitrogen and oxygen atoms in total. The molecule has 2 unspecified atom stereocenters. The first-order chi connectivity index (χ1) is 8.91. The molecule has 0 spiro atoms. The van der Waals surface area contributed by atoms with Crippen molar-refractivity contribution in [3.05, 3.63) is 34.6 Å². The molecule has 2 rings (SSSR count). The topological polar surface area (TPSA) is 57.6 Å². The number of benzene rings is 1. The smallest absolute Gasteiger partial charge is 0.308 e. The van der Waals surface area contributed by atoms with Crippen LogP contribution in [0.3, 0.4) is 0 Å². The summed E-state index contributed by atoms with van der Waals surface area (Å²) in [6.07, 6.45) is 0.483. The molecule has 1 aromatic rings. The molecule has 1 N–H and O–H groups in total. The molecule has 0 saturated carbocycles. The Morgan fingerprint density at radius 1 is 1.53 bits per heavy atom. The average molecular weight is 286 g/mol. The number of carbonyl (C=O) groups excluding carboxylic acids is 1. The van der Waals surface area contributed by atoms with Gasteiger partial charge >= 0.3 is 5.97 Å². The lowest BCUT2D eigenvalue weighted by Gasteiger charge is -2.37. The van der Waals surface area contributed by atoms with Gasteiger partial charge in [0.05, 0.1) is 17.0 Å². The minimum Gasteiger partial charge on any atom is -0.481 e. The standard InChI is InChI=1S/C13H13ClFNO3/c1-16-11(17)5-3-8(13(18)19)12(16)7-2-4-10(15)9(14)6-7/h2,4,6,8,12H,3,5H2,1H3,(H,18,19). The molecule has 2 atom stereocenters. The van der Waals surface area contributed by atoms with E-state index in [4.69, 9.17) is 11.6 Å². The van der Waals surface area contributed by atoms with Gasteiger partial charge in [-0.05, 0) is 24.1 Å². The SMILES string of the molecule is CN1C(=O)CCC(C(=O)O)C1c1ccc(F)c(Cl)c1. The summed E-state index contributed by atoms with van der Waals surface area (Å²) in [5.41, 5.74) is 0.536. The number of hydrogen-bond acceptors (Lipinski definition) is 2. The largest absolute Gasteiger partial charge is 0.481 e. The van der Waals surface area contributed by atoms with Gasteiger partial charge in [-0.2, -0.15) is 0 Å². The molecule has 0 bridgehead atoms. The number of nitrogens with zero attached hydrogens (tertiary/aromatic N) is 1. The van der Waals surface area contributed by atoms with Crippen LogP contribution in [0.5, 0.6) is 0 Å². The summed E-state index contributed by atoms with van der Waals surface area (Å²) >= 11 is 5.72. The molecule has 102 valence electrons. The molecule has 19 heavy (non-hydrogen) atoms. The molecule has 6 heteroatoms. The molecule has 0 radical (unpaired) electrons. The van der Waals surface area contributed by atoms with Crippen molar-refractivity contribution in [2.45, 2.75) is 18.9 Å². The number of carboxylic acids is 1. The molecule has 1 amide bonds. The predicted octanol–water partition coefficient (Wildman–Crippen LogP) is 2.47. The summed E-state index contributed by atoms with van der Waals surface area (Å²) in [5.74, 6) is -2.36. The number of carbonyl (C=O) groups is 2. The van der Waals surface area contributed by atoms with Gasteiger partial charge in [-0.25, -0.2) is 4.39 Å². The van der Waals surface area contributed by atoms with Crippen LogP contribution in [0.25, 0.3) is 0 Å². The zero-order chi connectivity index (χ0) is 14.2. The van der Waals surface area contributed by atoms with E-state index in [9.17, 15) is 19.1 Å². The number of halogens is 2. The lowest BCUT2D eigenvalue weighted by Crippen LogP contribution is -2.43. The molecular formula is C13H13ClFNO3. The Bertz CT molecular complexity index is 535. The van der Waals surface area contributed by atoms with E-state index in [1.165, 1.54) is 23.1 Å². The Morgan fingerprint density at radius 2 is 2.21 bits per heavy atom. The number of amides is 1. The summed E-state index contributed by atoms with van der Waals surface area (Å²) in [7, 11) is 1.55. The molecule has 1 aliphatic rings. The van der Waals surface area contributed by atoms with Crippen molar-refractivity contribution in [3.63, 3.8) is 0 Å². The van der Waals surface area contributed by atoms with Crippen molar-refractivity contribution in [1.29, 1.82) is 0 Å². The fraction of sp³-hybridized carbons (Fsp3) is 0.385. The van der Waals surface area contributed by atoms with Crippen molar-refractivity contribution in [2.75, 3.05) is 7.05 Å². The van der Waals surface area contributed by atoms with Crippen molar-refractivity contribution in [1.82, 2.24) is 4.90 Å². The summed E-state index contributed by atoms with van der Waals surface area (Å²) in [5, 5.41) is 9.18. The number of likely N-dealkylation sites (tertiary alicyclic amines) is 1. The number of hydrogen-bond donors (Lipinski definition) is 1. The van der Waals surface area contributed by atoms with Crippen LogP contribution in [0, 0.1) is 11.7 Å². The lowest BCUT2D eigenvalue weighted by atomic mass is 9.84. The number of carboxylic acid groups (broad SMARTS) is 1. The second kappa shape index (κ2) is 5.17. The summed E-state index contributed by atoms with van der Waals surface area (Å²) in [6.45, 7) is 0. The Labute approximate surface area is 114 Å². The van der Waals surface area contributed by atoms with Crippen molar-refractivity contribution >= 4 is 23.5 Å². The zero-order valence-electron chi connectivity index (χ0n) is 10.3. The van der Waals surface area contributed by atoms with E-state index in [1.807, 2.05) is 0 Å². The van der Waals surface area contributed by atoms with Crippen LogP contribution < -0.4 is 0 Å². The third-order valence-corrected chi connectivity index (χ3v) is 3.75. The van der Waals surface area contributed by atoms with Crippen LogP contribution in [-0.2, 0) is 9.59 Å². The molecule has 0 aliphatic carbocycles. The number of rotatable bonds is 2. The molecule has 1 heterocycles. The highest BCUT2D eigenvalue weighted by Gasteiger charge is 2.39. The van der Waals surface area contributed by atoms with Gasteiger partial charge in [0.25, 0.3) is 0 Å². The third-order valence-electron chi connectivity index (χ3n) is 3.46. The van der Waals surface area contributed by atoms with Crippen LogP contribution in [-0.4, -0.2) is 28.9 Å². The van der Waals surface area contributed by atoms with Crippen molar-refractivity contribution in [2.24, 2.45) is 5.92 Å². The molecule has 1 saturated heterocycles. The van der Waals surface area contributed by atoms with Gasteiger partial charge in [-0.3, -0.25) is 9.59 Å². The van der Waals surface area contributed by atoms with Crippen molar-refractivity contribution in [3.8, 4) is 0 Å². The highest BCUT2D eigenvalue weighted by Crippen LogP contribution is 2.37. The van der Waals surface area contributed by atoms with Gasteiger partial charge in [0.1, 0.15) is 5.82 Å². The van der Waals surface area contributed by atoms with E-state index in [-0.39, 0.29) is 23.8 Å². The van der Waals surface area contributed by atoms with Crippen LogP contribution in [0.15, 0.2) is 18.2 Å². The van der Waals surface area contributed by atoms with Gasteiger partial charge in [0, 0.05) is 13.5 Å². The van der Waals surface area contributed by atoms with Gasteiger partial charge in [-0.15, -0.1) is 0 Å². The maximum Gasteiger partial charge on any atom is 0.308 e. The fourth-order valence-electron chi connectivity index (χ4n) is 2.45. The Balaban J connectivity index is 2.43. The first kappa shape index (κ1) is 13.8. The first-order valence-electron chi connectivity index (χ1n) is 5.85. The van der Waals surface area contributed by atoms with Gasteiger partial charge in [0.2, 0.25) is 5.91 Å². The second-order valence-corrected chi connectivity index (χ2v) is 5.01. The molecule has 1 fully saturated rings. The Hall–Kier alpha value is -1.62. The monoisotopic (exact) mass is 285 g/mol. The predicted molar refractivity (Wildman–Crippen MR) is 67.3 cm³/mol. The van der Waals surface area contributed by atoms with E-state index in [1.54, 1.807) is 7.05 Å². The van der Waals surface area contributed by atoms with E-state index in [0.717, 1.165) is 0 Å². The van der Waals surface area contributed by atoms with E-state index in [0.29, 0.717) is 5.56 Å². The van der Waals surface area contributed by atoms with Gasteiger partial charge in [-0.1, -0.05) is 17.7 Å². The van der Waals surface area contributed by atoms with E-state index >= 15 is 0 Å². The second-order valence-electron chi connectivity index (χ2n) is 4.61. The van der Waals surface area contributed by atoms with Crippen molar-refractivity contribution < 1.29 is 19.1 Å². The quantitative estimate of drug-likeness (QED) is 0.908. The molecule has 0 aromatic heterocycles. The third kappa shape index (κ3) is 2.56. The van der Waals surface area contributed by atoms with Crippen LogP contribution in [0.4, 0.5) is 4.39 Å². The Kier molecular flexibility index (Phi) is 3.75. The van der Waals surface area contributed by atoms with Gasteiger partial charge < -0.3 is 10.0 Å². The average Bonchev–Trinajstić information content (AvgIpc) is 2.35. The van der Waals surface area contributed by atoms with E-state index in [2.05, 4.69) is 0 Å². The van der Waals surface area contributed by atoms with Crippen LogP contribution in [0.2, 0.25) is 5.02 Å². The number of aliphatic carboxylic acids is 1. The normalized spacial score (nSPS) is 23.5. The van der Waals surface area contributed by atoms with Crippen LogP contribution in [0.1, 0.15) is 24.4 Å². The Morgan fingerprint density at radius 3 is 2.79 bits per heavy atom. The minimum absolute atomic E-state index is 0.0759. The zero-order valence-corrected chi connectivity index (χ0v) is 11.0. The maximum atomic E-state index is 13.2. The maximum absolute atomic E-state index is 13.2. The number of piperidine rings is 1. The fourth-order valence-corrected chi connectivity index (χ4v) is 2.64. The van der Waals surface area contributed by atoms with Crippen LogP contribution >= 0.6 is 11.6 Å². The summed E-state index contributed by atoms with van der Waals surface area (Å²) in [4.78, 5) is 24.4. The minimum atomic E-state index is -0.968. The molecule has 1 aliphatic heterocycles. The lowest BCUT2D eigenvalue weighted by molar-refractivity contribution is -0.150. The first-order valence-corrected chi connectivity index (χ1v) is 6.23. The highest BCUT2D eigenvalue weighted by molar-refractivity contribution is 6.30. The summed E-state index contributed by atoms with van der Waals surface area (Å²) < 4.78 is 13.2. The summed E-state index contributed by atoms with van der Waals surface area (Å²) in [6, 6.07) is 3.42. The molecular weight excluding hydrogens is 273 g/mol. The highest BCUT2D eigenvalue weighted by atomic mass is 35.5.